The lowest BCUT2D eigenvalue weighted by Crippen LogP contribution is -2.15. The summed E-state index contributed by atoms with van der Waals surface area (Å²) >= 11 is 1.12. The van der Waals surface area contributed by atoms with Gasteiger partial charge in [-0.15, -0.1) is 11.3 Å². The van der Waals surface area contributed by atoms with Gasteiger partial charge >= 0.3 is 5.97 Å². The number of hydrogen-bond donors (Lipinski definition) is 2. The second-order valence-corrected chi connectivity index (χ2v) is 6.85. The van der Waals surface area contributed by atoms with Crippen LogP contribution < -0.4 is 10.5 Å². The summed E-state index contributed by atoms with van der Waals surface area (Å²) < 4.78 is 31.8. The quantitative estimate of drug-likeness (QED) is 0.663. The van der Waals surface area contributed by atoms with Crippen molar-refractivity contribution in [3.8, 4) is 0 Å². The molecule has 0 spiro atoms. The topological polar surface area (TPSA) is 98.5 Å². The molecule has 2 aromatic rings. The highest BCUT2D eigenvalue weighted by Gasteiger charge is 2.22. The van der Waals surface area contributed by atoms with Crippen LogP contribution in [0.25, 0.3) is 0 Å². The smallest absolute Gasteiger partial charge is 0.350 e. The molecule has 1 aromatic heterocycles. The van der Waals surface area contributed by atoms with Gasteiger partial charge in [0, 0.05) is 5.69 Å². The van der Waals surface area contributed by atoms with E-state index in [2.05, 4.69) is 9.46 Å². The second kappa shape index (κ2) is 5.74. The fraction of sp³-hybridized carbons (Fsp3) is 0.154. The molecule has 8 heteroatoms. The average molecular weight is 326 g/mol. The molecule has 0 amide bonds. The summed E-state index contributed by atoms with van der Waals surface area (Å²) in [5.41, 5.74) is 6.81. The molecule has 0 fully saturated rings. The third-order valence-corrected chi connectivity index (χ3v) is 5.18. The maximum atomic E-state index is 12.4. The normalized spacial score (nSPS) is 11.1. The van der Waals surface area contributed by atoms with Gasteiger partial charge in [0.1, 0.15) is 4.88 Å². The summed E-state index contributed by atoms with van der Waals surface area (Å²) in [5, 5.41) is 1.68. The van der Waals surface area contributed by atoms with E-state index in [-0.39, 0.29) is 15.5 Å². The molecular weight excluding hydrogens is 312 g/mol. The van der Waals surface area contributed by atoms with Gasteiger partial charge in [0.15, 0.2) is 0 Å². The van der Waals surface area contributed by atoms with Gasteiger partial charge in [0.25, 0.3) is 10.0 Å². The summed E-state index contributed by atoms with van der Waals surface area (Å²) in [6, 6.07) is 5.92. The van der Waals surface area contributed by atoms with Crippen LogP contribution in [-0.4, -0.2) is 21.5 Å². The number of sulfonamides is 1. The first-order chi connectivity index (χ1) is 9.85. The number of esters is 1. The van der Waals surface area contributed by atoms with Gasteiger partial charge in [0.05, 0.1) is 17.7 Å². The number of ether oxygens (including phenoxy) is 1. The minimum Gasteiger partial charge on any atom is -0.465 e. The molecule has 3 N–H and O–H groups in total. The molecule has 0 aliphatic rings. The summed E-state index contributed by atoms with van der Waals surface area (Å²) in [6.45, 7) is 1.71. The van der Waals surface area contributed by atoms with Gasteiger partial charge in [-0.05, 0) is 36.1 Å². The Morgan fingerprint density at radius 3 is 2.71 bits per heavy atom. The zero-order valence-electron chi connectivity index (χ0n) is 11.4. The van der Waals surface area contributed by atoms with E-state index in [1.807, 2.05) is 0 Å². The maximum Gasteiger partial charge on any atom is 0.350 e. The first kappa shape index (κ1) is 15.3. The second-order valence-electron chi connectivity index (χ2n) is 4.29. The van der Waals surface area contributed by atoms with Crippen LogP contribution in [0, 0.1) is 6.92 Å². The van der Waals surface area contributed by atoms with E-state index in [9.17, 15) is 13.2 Å². The van der Waals surface area contributed by atoms with Crippen LogP contribution in [0.15, 0.2) is 34.5 Å². The predicted molar refractivity (Wildman–Crippen MR) is 82.1 cm³/mol. The number of nitrogen functional groups attached to an aromatic ring is 1. The Morgan fingerprint density at radius 1 is 1.38 bits per heavy atom. The minimum atomic E-state index is -3.82. The molecule has 1 heterocycles. The zero-order valence-corrected chi connectivity index (χ0v) is 13.0. The molecule has 0 unspecified atom stereocenters. The van der Waals surface area contributed by atoms with E-state index >= 15 is 0 Å². The lowest BCUT2D eigenvalue weighted by molar-refractivity contribution is 0.0607. The van der Waals surface area contributed by atoms with E-state index in [4.69, 9.17) is 5.73 Å². The lowest BCUT2D eigenvalue weighted by atomic mass is 10.3. The third-order valence-electron chi connectivity index (χ3n) is 2.75. The molecule has 0 saturated heterocycles. The van der Waals surface area contributed by atoms with Gasteiger partial charge in [-0.25, -0.2) is 13.2 Å². The van der Waals surface area contributed by atoms with E-state index < -0.39 is 16.0 Å². The van der Waals surface area contributed by atoms with Gasteiger partial charge < -0.3 is 10.5 Å². The van der Waals surface area contributed by atoms with Gasteiger partial charge in [0.2, 0.25) is 0 Å². The first-order valence-corrected chi connectivity index (χ1v) is 8.26. The maximum absolute atomic E-state index is 12.4. The SMILES string of the molecule is COC(=O)c1scc(C)c1NS(=O)(=O)c1cccc(N)c1. The van der Waals surface area contributed by atoms with Crippen molar-refractivity contribution in [1.82, 2.24) is 0 Å². The number of hydrogen-bond acceptors (Lipinski definition) is 6. The van der Waals surface area contributed by atoms with Crippen LogP contribution in [0.4, 0.5) is 11.4 Å². The molecule has 0 saturated carbocycles. The number of carbonyl (C=O) groups is 1. The molecule has 6 nitrogen and oxygen atoms in total. The Bertz CT molecular complexity index is 781. The van der Waals surface area contributed by atoms with Gasteiger partial charge in [-0.2, -0.15) is 0 Å². The van der Waals surface area contributed by atoms with Crippen molar-refractivity contribution in [2.75, 3.05) is 17.6 Å². The molecule has 112 valence electrons. The van der Waals surface area contributed by atoms with E-state index in [1.54, 1.807) is 24.4 Å². The Balaban J connectivity index is 2.42. The highest BCUT2D eigenvalue weighted by atomic mass is 32.2. The number of carbonyl (C=O) groups excluding carboxylic acids is 1. The predicted octanol–water partition coefficient (Wildman–Crippen LogP) is 2.23. The Kier molecular flexibility index (Phi) is 4.19. The van der Waals surface area contributed by atoms with Crippen molar-refractivity contribution < 1.29 is 17.9 Å². The highest BCUT2D eigenvalue weighted by molar-refractivity contribution is 7.92. The zero-order chi connectivity index (χ0) is 15.6. The molecule has 2 rings (SSSR count). The highest BCUT2D eigenvalue weighted by Crippen LogP contribution is 2.30. The van der Waals surface area contributed by atoms with Crippen molar-refractivity contribution in [1.29, 1.82) is 0 Å². The molecular formula is C13H14N2O4S2. The number of aryl methyl sites for hydroxylation is 1. The summed E-state index contributed by atoms with van der Waals surface area (Å²) in [4.78, 5) is 11.9. The van der Waals surface area contributed by atoms with Crippen LogP contribution in [0.1, 0.15) is 15.2 Å². The molecule has 0 aliphatic heterocycles. The number of thiophene rings is 1. The standard InChI is InChI=1S/C13H14N2O4S2/c1-8-7-20-12(13(16)19-2)11(8)15-21(17,18)10-5-3-4-9(14)6-10/h3-7,15H,14H2,1-2H3. The molecule has 0 radical (unpaired) electrons. The van der Waals surface area contributed by atoms with Crippen LogP contribution in [-0.2, 0) is 14.8 Å². The van der Waals surface area contributed by atoms with Crippen LogP contribution in [0.3, 0.4) is 0 Å². The lowest BCUT2D eigenvalue weighted by Gasteiger charge is -2.10. The Hall–Kier alpha value is -2.06. The van der Waals surface area contributed by atoms with Crippen molar-refractivity contribution in [2.45, 2.75) is 11.8 Å². The molecule has 0 atom stereocenters. The van der Waals surface area contributed by atoms with Gasteiger partial charge in [-0.3, -0.25) is 4.72 Å². The number of nitrogens with one attached hydrogen (secondary N) is 1. The summed E-state index contributed by atoms with van der Waals surface area (Å²) in [7, 11) is -2.58. The Morgan fingerprint density at radius 2 is 2.10 bits per heavy atom. The van der Waals surface area contributed by atoms with Crippen LogP contribution in [0.2, 0.25) is 0 Å². The molecule has 21 heavy (non-hydrogen) atoms. The fourth-order valence-corrected chi connectivity index (χ4v) is 3.87. The Labute approximate surface area is 126 Å². The largest absolute Gasteiger partial charge is 0.465 e. The number of anilines is 2. The van der Waals surface area contributed by atoms with Crippen LogP contribution >= 0.6 is 11.3 Å². The van der Waals surface area contributed by atoms with E-state index in [1.165, 1.54) is 19.2 Å². The van der Waals surface area contributed by atoms with Crippen LogP contribution in [0.5, 0.6) is 0 Å². The average Bonchev–Trinajstić information content (AvgIpc) is 2.79. The number of rotatable bonds is 4. The fourth-order valence-electron chi connectivity index (χ4n) is 1.69. The third kappa shape index (κ3) is 3.17. The first-order valence-electron chi connectivity index (χ1n) is 5.90. The number of benzene rings is 1. The monoisotopic (exact) mass is 326 g/mol. The summed E-state index contributed by atoms with van der Waals surface area (Å²) in [6.07, 6.45) is 0. The number of methoxy groups -OCH3 is 1. The molecule has 0 bridgehead atoms. The van der Waals surface area contributed by atoms with Crippen molar-refractivity contribution in [3.63, 3.8) is 0 Å². The van der Waals surface area contributed by atoms with Crippen molar-refractivity contribution in [3.05, 3.63) is 40.1 Å². The van der Waals surface area contributed by atoms with Crippen molar-refractivity contribution in [2.24, 2.45) is 0 Å². The number of nitrogens with two attached hydrogens (primary N) is 1. The molecule has 1 aromatic carbocycles. The van der Waals surface area contributed by atoms with Crippen molar-refractivity contribution >= 4 is 38.7 Å². The van der Waals surface area contributed by atoms with Gasteiger partial charge in [-0.1, -0.05) is 6.07 Å². The minimum absolute atomic E-state index is 0.0314. The van der Waals surface area contributed by atoms with E-state index in [0.717, 1.165) is 11.3 Å². The summed E-state index contributed by atoms with van der Waals surface area (Å²) in [5.74, 6) is -0.585. The van der Waals surface area contributed by atoms with E-state index in [0.29, 0.717) is 11.3 Å². The molecule has 0 aliphatic carbocycles.